The molecule has 0 saturated carbocycles. The number of benzene rings is 3. The van der Waals surface area contributed by atoms with Gasteiger partial charge in [0.2, 0.25) is 11.8 Å². The fourth-order valence-corrected chi connectivity index (χ4v) is 6.42. The number of hydrogen-bond donors (Lipinski definition) is 0. The van der Waals surface area contributed by atoms with E-state index in [1.54, 1.807) is 9.58 Å². The number of ether oxygens (including phenoxy) is 1. The molecule has 1 saturated heterocycles. The molecule has 3 aromatic carbocycles. The molecule has 10 heteroatoms. The van der Waals surface area contributed by atoms with Crippen LogP contribution in [0, 0.1) is 18.6 Å². The van der Waals surface area contributed by atoms with E-state index in [1.165, 1.54) is 28.8 Å². The first-order valence-electron chi connectivity index (χ1n) is 13.4. The molecule has 6 rings (SSSR count). The first-order valence-corrected chi connectivity index (χ1v) is 14.4. The van der Waals surface area contributed by atoms with Gasteiger partial charge in [-0.3, -0.25) is 14.5 Å². The third-order valence-electron chi connectivity index (χ3n) is 7.32. The molecule has 0 radical (unpaired) electrons. The zero-order valence-corrected chi connectivity index (χ0v) is 23.2. The average molecular weight is 575 g/mol. The molecule has 2 aliphatic rings. The topological polar surface area (TPSA) is 67.7 Å². The monoisotopic (exact) mass is 574 g/mol. The highest BCUT2D eigenvalue weighted by Gasteiger charge is 2.39. The van der Waals surface area contributed by atoms with E-state index < -0.39 is 16.9 Å². The van der Waals surface area contributed by atoms with Crippen LogP contribution in [0.3, 0.4) is 0 Å². The molecule has 41 heavy (non-hydrogen) atoms. The van der Waals surface area contributed by atoms with E-state index in [0.717, 1.165) is 17.2 Å². The Morgan fingerprint density at radius 2 is 1.76 bits per heavy atom. The Balaban J connectivity index is 1.59. The largest absolute Gasteiger partial charge is 0.378 e. The number of carbonyl (C=O) groups excluding carboxylic acids is 2. The van der Waals surface area contributed by atoms with Crippen LogP contribution in [0.25, 0.3) is 16.9 Å². The van der Waals surface area contributed by atoms with E-state index in [4.69, 9.17) is 9.84 Å². The van der Waals surface area contributed by atoms with Crippen LogP contribution >= 0.6 is 11.8 Å². The Hall–Kier alpha value is -4.02. The summed E-state index contributed by atoms with van der Waals surface area (Å²) in [5, 5.41) is 4.31. The van der Waals surface area contributed by atoms with E-state index >= 15 is 4.39 Å². The number of nitrogens with zero attached hydrogens (tertiary/aromatic N) is 4. The molecule has 2 amide bonds. The number of thioether (sulfide) groups is 1. The SMILES string of the molecule is Cc1ccc(-n2nc(-c3ccccc3)c3c2N(CC(=O)N2CCOCC2)C(=O)CSC3c2ccc(F)cc2F)cc1. The maximum atomic E-state index is 15.4. The van der Waals surface area contributed by atoms with Gasteiger partial charge in [-0.1, -0.05) is 54.1 Å². The number of carbonyl (C=O) groups is 2. The van der Waals surface area contributed by atoms with Gasteiger partial charge >= 0.3 is 0 Å². The number of aryl methyl sites for hydroxylation is 1. The molecule has 7 nitrogen and oxygen atoms in total. The second-order valence-electron chi connectivity index (χ2n) is 10.0. The maximum absolute atomic E-state index is 15.4. The van der Waals surface area contributed by atoms with Gasteiger partial charge in [0.05, 0.1) is 35.6 Å². The van der Waals surface area contributed by atoms with Crippen molar-refractivity contribution in [1.82, 2.24) is 14.7 Å². The normalized spacial score (nSPS) is 17.3. The maximum Gasteiger partial charge on any atom is 0.242 e. The van der Waals surface area contributed by atoms with Crippen molar-refractivity contribution in [2.75, 3.05) is 43.5 Å². The Labute approximate surface area is 240 Å². The van der Waals surface area contributed by atoms with Gasteiger partial charge in [-0.2, -0.15) is 5.10 Å². The van der Waals surface area contributed by atoms with Crippen LogP contribution in [0.15, 0.2) is 72.8 Å². The van der Waals surface area contributed by atoms with Crippen molar-refractivity contribution in [1.29, 1.82) is 0 Å². The zero-order chi connectivity index (χ0) is 28.5. The van der Waals surface area contributed by atoms with E-state index in [2.05, 4.69) is 0 Å². The van der Waals surface area contributed by atoms with Crippen molar-refractivity contribution in [3.05, 3.63) is 101 Å². The van der Waals surface area contributed by atoms with Crippen molar-refractivity contribution in [2.24, 2.45) is 0 Å². The molecule has 0 bridgehead atoms. The molecule has 3 heterocycles. The zero-order valence-electron chi connectivity index (χ0n) is 22.4. The fraction of sp³-hybridized carbons (Fsp3) is 0.258. The number of rotatable bonds is 5. The lowest BCUT2D eigenvalue weighted by atomic mass is 9.99. The standard InChI is InChI=1S/C31H28F2N4O3S/c1-20-7-10-23(11-8-20)37-31-28(29(34-37)21-5-3-2-4-6-21)30(24-12-9-22(32)17-25(24)33)41-19-27(39)36(31)18-26(38)35-13-15-40-16-14-35/h2-12,17,30H,13-16,18-19H2,1H3. The van der Waals surface area contributed by atoms with Crippen LogP contribution in [-0.2, 0) is 14.3 Å². The third-order valence-corrected chi connectivity index (χ3v) is 8.55. The number of amides is 2. The summed E-state index contributed by atoms with van der Waals surface area (Å²) in [4.78, 5) is 30.5. The minimum Gasteiger partial charge on any atom is -0.378 e. The quantitative estimate of drug-likeness (QED) is 0.330. The molecule has 2 aliphatic heterocycles. The predicted octanol–water partition coefficient (Wildman–Crippen LogP) is 5.15. The van der Waals surface area contributed by atoms with Gasteiger partial charge in [0, 0.05) is 35.8 Å². The van der Waals surface area contributed by atoms with Crippen molar-refractivity contribution < 1.29 is 23.1 Å². The van der Waals surface area contributed by atoms with Crippen LogP contribution in [0.1, 0.15) is 21.9 Å². The Bertz CT molecular complexity index is 1590. The van der Waals surface area contributed by atoms with Crippen molar-refractivity contribution in [2.45, 2.75) is 12.2 Å². The molecule has 1 fully saturated rings. The van der Waals surface area contributed by atoms with E-state index in [0.29, 0.717) is 49.1 Å². The number of morpholine rings is 1. The number of halogens is 2. The lowest BCUT2D eigenvalue weighted by Gasteiger charge is -2.30. The van der Waals surface area contributed by atoms with Gasteiger partial charge in [-0.25, -0.2) is 13.5 Å². The first-order chi connectivity index (χ1) is 19.9. The third kappa shape index (κ3) is 5.37. The van der Waals surface area contributed by atoms with Crippen LogP contribution in [-0.4, -0.2) is 65.1 Å². The summed E-state index contributed by atoms with van der Waals surface area (Å²) in [6.07, 6.45) is 0. The Morgan fingerprint density at radius 3 is 2.46 bits per heavy atom. The summed E-state index contributed by atoms with van der Waals surface area (Å²) >= 11 is 1.24. The fourth-order valence-electron chi connectivity index (χ4n) is 5.20. The van der Waals surface area contributed by atoms with Crippen molar-refractivity contribution in [3.63, 3.8) is 0 Å². The van der Waals surface area contributed by atoms with Gasteiger partial charge in [-0.15, -0.1) is 11.8 Å². The van der Waals surface area contributed by atoms with Crippen LogP contribution < -0.4 is 4.90 Å². The van der Waals surface area contributed by atoms with E-state index in [1.807, 2.05) is 61.5 Å². The highest BCUT2D eigenvalue weighted by Crippen LogP contribution is 2.49. The number of anilines is 1. The molecule has 1 unspecified atom stereocenters. The predicted molar refractivity (Wildman–Crippen MR) is 154 cm³/mol. The second kappa shape index (κ2) is 11.5. The minimum atomic E-state index is -0.708. The molecule has 4 aromatic rings. The molecule has 0 aliphatic carbocycles. The lowest BCUT2D eigenvalue weighted by Crippen LogP contribution is -2.48. The van der Waals surface area contributed by atoms with Gasteiger partial charge in [0.1, 0.15) is 24.0 Å². The van der Waals surface area contributed by atoms with Crippen molar-refractivity contribution >= 4 is 29.4 Å². The molecular formula is C31H28F2N4O3S. The molecule has 1 aromatic heterocycles. The highest BCUT2D eigenvalue weighted by atomic mass is 32.2. The summed E-state index contributed by atoms with van der Waals surface area (Å²) in [5.74, 6) is -1.50. The first kappa shape index (κ1) is 27.2. The summed E-state index contributed by atoms with van der Waals surface area (Å²) in [5.41, 5.74) is 3.90. The molecule has 0 N–H and O–H groups in total. The van der Waals surface area contributed by atoms with Crippen LogP contribution in [0.4, 0.5) is 14.6 Å². The minimum absolute atomic E-state index is 0.00528. The molecular weight excluding hydrogens is 546 g/mol. The van der Waals surface area contributed by atoms with Crippen molar-refractivity contribution in [3.8, 4) is 16.9 Å². The number of fused-ring (bicyclic) bond motifs is 1. The number of aromatic nitrogens is 2. The summed E-state index contributed by atoms with van der Waals surface area (Å²) in [6, 6.07) is 20.6. The average Bonchev–Trinajstić information content (AvgIpc) is 3.31. The molecule has 210 valence electrons. The van der Waals surface area contributed by atoms with Crippen LogP contribution in [0.2, 0.25) is 0 Å². The molecule has 0 spiro atoms. The highest BCUT2D eigenvalue weighted by molar-refractivity contribution is 8.00. The molecule has 1 atom stereocenters. The lowest BCUT2D eigenvalue weighted by molar-refractivity contribution is -0.134. The number of hydrogen-bond acceptors (Lipinski definition) is 5. The second-order valence-corrected chi connectivity index (χ2v) is 11.1. The Morgan fingerprint density at radius 1 is 1.02 bits per heavy atom. The smallest absolute Gasteiger partial charge is 0.242 e. The van der Waals surface area contributed by atoms with Gasteiger partial charge in [0.25, 0.3) is 0 Å². The van der Waals surface area contributed by atoms with Gasteiger partial charge < -0.3 is 9.64 Å². The van der Waals surface area contributed by atoms with Crippen LogP contribution in [0.5, 0.6) is 0 Å². The summed E-state index contributed by atoms with van der Waals surface area (Å²) in [6.45, 7) is 3.54. The van der Waals surface area contributed by atoms with Gasteiger partial charge in [-0.05, 0) is 25.1 Å². The Kier molecular flexibility index (Phi) is 7.59. The summed E-state index contributed by atoms with van der Waals surface area (Å²) in [7, 11) is 0. The van der Waals surface area contributed by atoms with Gasteiger partial charge in [0.15, 0.2) is 0 Å². The summed E-state index contributed by atoms with van der Waals surface area (Å²) < 4.78 is 36.4. The van der Waals surface area contributed by atoms with E-state index in [9.17, 15) is 14.0 Å². The van der Waals surface area contributed by atoms with E-state index in [-0.39, 0.29) is 29.7 Å².